The van der Waals surface area contributed by atoms with Gasteiger partial charge < -0.3 is 9.29 Å². The van der Waals surface area contributed by atoms with Crippen LogP contribution in [0.4, 0.5) is 11.5 Å². The van der Waals surface area contributed by atoms with Crippen molar-refractivity contribution in [3.8, 4) is 5.75 Å². The van der Waals surface area contributed by atoms with Crippen molar-refractivity contribution in [3.63, 3.8) is 0 Å². The second-order valence-corrected chi connectivity index (χ2v) is 10.5. The molecule has 2 heterocycles. The zero-order valence-corrected chi connectivity index (χ0v) is 21.0. The number of halogens is 1. The van der Waals surface area contributed by atoms with Gasteiger partial charge in [0.1, 0.15) is 22.9 Å². The fraction of sp³-hybridized carbons (Fsp3) is 0.240. The first kappa shape index (κ1) is 24.1. The number of fused-ring (bicyclic) bond motifs is 1. The fourth-order valence-electron chi connectivity index (χ4n) is 3.73. The van der Waals surface area contributed by atoms with Crippen LogP contribution < -0.4 is 14.4 Å². The van der Waals surface area contributed by atoms with Crippen LogP contribution in [0.2, 0.25) is 5.02 Å². The third kappa shape index (κ3) is 4.24. The number of carbonyl (C=O) groups excluding carboxylic acids is 2. The van der Waals surface area contributed by atoms with E-state index in [1.165, 1.54) is 19.2 Å². The number of hydrogen-bond donors (Lipinski definition) is 1. The molecule has 2 amide bonds. The van der Waals surface area contributed by atoms with Gasteiger partial charge in [-0.1, -0.05) is 44.5 Å². The zero-order chi connectivity index (χ0) is 24.8. The number of ether oxygens (including phenoxy) is 1. The molecule has 9 heteroatoms. The van der Waals surface area contributed by atoms with Crippen molar-refractivity contribution in [1.29, 1.82) is 0 Å². The normalized spacial score (nSPS) is 14.3. The van der Waals surface area contributed by atoms with Crippen molar-refractivity contribution in [2.75, 3.05) is 16.7 Å². The van der Waals surface area contributed by atoms with E-state index in [2.05, 4.69) is 30.5 Å². The Morgan fingerprint density at radius 1 is 1.00 bits per heavy atom. The number of anilines is 2. The van der Waals surface area contributed by atoms with Crippen LogP contribution in [0, 0.1) is 6.92 Å². The van der Waals surface area contributed by atoms with Gasteiger partial charge in [0.25, 0.3) is 11.8 Å². The average molecular weight is 498 g/mol. The van der Waals surface area contributed by atoms with Gasteiger partial charge in [-0.25, -0.2) is 14.6 Å². The van der Waals surface area contributed by atoms with Crippen molar-refractivity contribution in [2.45, 2.75) is 38.0 Å². The molecule has 0 bridgehead atoms. The fourth-order valence-corrected chi connectivity index (χ4v) is 4.84. The maximum Gasteiger partial charge on any atom is 0.269 e. The van der Waals surface area contributed by atoms with Gasteiger partial charge in [-0.3, -0.25) is 9.59 Å². The number of pyridine rings is 1. The van der Waals surface area contributed by atoms with E-state index in [1.807, 2.05) is 12.1 Å². The molecule has 0 saturated heterocycles. The van der Waals surface area contributed by atoms with Crippen molar-refractivity contribution < 1.29 is 18.9 Å². The molecule has 0 saturated carbocycles. The van der Waals surface area contributed by atoms with Crippen LogP contribution in [0.1, 0.15) is 52.7 Å². The van der Waals surface area contributed by atoms with Crippen molar-refractivity contribution >= 4 is 46.3 Å². The molecular weight excluding hydrogens is 474 g/mol. The Morgan fingerprint density at radius 3 is 2.24 bits per heavy atom. The van der Waals surface area contributed by atoms with Crippen molar-refractivity contribution in [2.24, 2.45) is 0 Å². The Bertz CT molecular complexity index is 1290. The van der Waals surface area contributed by atoms with E-state index < -0.39 is 23.2 Å². The van der Waals surface area contributed by atoms with E-state index >= 15 is 0 Å². The Kier molecular flexibility index (Phi) is 6.33. The second kappa shape index (κ2) is 8.94. The molecule has 1 atom stereocenters. The zero-order valence-electron chi connectivity index (χ0n) is 19.4. The smallest absolute Gasteiger partial charge is 0.269 e. The summed E-state index contributed by atoms with van der Waals surface area (Å²) in [6, 6.07) is 13.6. The van der Waals surface area contributed by atoms with Gasteiger partial charge >= 0.3 is 0 Å². The number of aryl methyl sites for hydroxylation is 1. The standard InChI is InChI=1S/C25H24ClN3O4S/c1-14-19(33-5)12-13-20(27-14)29-23(30)21-17(26)10-11-18(22(21)24(29)31)28-34(32)16-8-6-15(7-9-16)25(2,3)4/h6-13,28H,1-5H3. The monoisotopic (exact) mass is 497 g/mol. The van der Waals surface area contributed by atoms with Gasteiger partial charge in [0.05, 0.1) is 34.6 Å². The van der Waals surface area contributed by atoms with Gasteiger partial charge in [0.2, 0.25) is 0 Å². The molecule has 3 aromatic rings. The molecule has 0 radical (unpaired) electrons. The molecule has 0 spiro atoms. The molecule has 0 fully saturated rings. The first-order valence-electron chi connectivity index (χ1n) is 10.5. The van der Waals surface area contributed by atoms with E-state index in [-0.39, 0.29) is 33.1 Å². The number of nitrogens with zero attached hydrogens (tertiary/aromatic N) is 2. The van der Waals surface area contributed by atoms with E-state index in [1.54, 1.807) is 31.2 Å². The van der Waals surface area contributed by atoms with Gasteiger partial charge in [-0.2, -0.15) is 0 Å². The molecule has 1 aromatic heterocycles. The number of carbonyl (C=O) groups is 2. The Labute approximate surface area is 206 Å². The van der Waals surface area contributed by atoms with E-state index in [4.69, 9.17) is 16.3 Å². The lowest BCUT2D eigenvalue weighted by Gasteiger charge is -2.19. The lowest BCUT2D eigenvalue weighted by molar-refractivity contribution is 0.0925. The summed E-state index contributed by atoms with van der Waals surface area (Å²) in [5, 5.41) is 0.131. The van der Waals surface area contributed by atoms with Gasteiger partial charge in [-0.05, 0) is 54.3 Å². The largest absolute Gasteiger partial charge is 0.588 e. The minimum Gasteiger partial charge on any atom is -0.588 e. The number of amides is 2. The highest BCUT2D eigenvalue weighted by molar-refractivity contribution is 7.92. The quantitative estimate of drug-likeness (QED) is 0.380. The number of imide groups is 1. The first-order chi connectivity index (χ1) is 16.0. The number of rotatable bonds is 5. The van der Waals surface area contributed by atoms with Crippen LogP contribution in [0.5, 0.6) is 5.75 Å². The first-order valence-corrected chi connectivity index (χ1v) is 12.1. The molecule has 4 rings (SSSR count). The summed E-state index contributed by atoms with van der Waals surface area (Å²) < 4.78 is 21.1. The summed E-state index contributed by atoms with van der Waals surface area (Å²) in [5.41, 5.74) is 1.97. The van der Waals surface area contributed by atoms with Crippen LogP contribution in [-0.2, 0) is 16.8 Å². The predicted octanol–water partition coefficient (Wildman–Crippen LogP) is 5.28. The molecule has 34 heavy (non-hydrogen) atoms. The van der Waals surface area contributed by atoms with Gasteiger partial charge in [0.15, 0.2) is 4.90 Å². The summed E-state index contributed by atoms with van der Waals surface area (Å²) in [6.07, 6.45) is 0. The van der Waals surface area contributed by atoms with Crippen LogP contribution in [0.15, 0.2) is 53.4 Å². The maximum atomic E-state index is 13.4. The molecule has 176 valence electrons. The summed E-state index contributed by atoms with van der Waals surface area (Å²) in [5.74, 6) is -0.493. The number of nitrogens with one attached hydrogen (secondary N) is 1. The number of benzene rings is 2. The van der Waals surface area contributed by atoms with Gasteiger partial charge in [0, 0.05) is 0 Å². The molecule has 0 aliphatic carbocycles. The number of aromatic nitrogens is 1. The minimum absolute atomic E-state index is 0.0332. The Balaban J connectivity index is 1.67. The number of methoxy groups -OCH3 is 1. The maximum absolute atomic E-state index is 13.4. The highest BCUT2D eigenvalue weighted by Crippen LogP contribution is 2.38. The second-order valence-electron chi connectivity index (χ2n) is 8.89. The van der Waals surface area contributed by atoms with Crippen LogP contribution in [0.3, 0.4) is 0 Å². The molecule has 1 N–H and O–H groups in total. The Hall–Kier alpha value is -3.07. The van der Waals surface area contributed by atoms with E-state index in [0.717, 1.165) is 10.5 Å². The lowest BCUT2D eigenvalue weighted by atomic mass is 9.87. The van der Waals surface area contributed by atoms with Crippen LogP contribution in [0.25, 0.3) is 0 Å². The van der Waals surface area contributed by atoms with Crippen molar-refractivity contribution in [3.05, 3.63) is 75.9 Å². The molecule has 1 aliphatic rings. The SMILES string of the molecule is COc1ccc(N2C(=O)c3c(Cl)ccc(N[S+]([O-])c4ccc(C(C)(C)C)cc4)c3C2=O)nc1C. The predicted molar refractivity (Wildman–Crippen MR) is 133 cm³/mol. The summed E-state index contributed by atoms with van der Waals surface area (Å²) in [4.78, 5) is 32.4. The summed E-state index contributed by atoms with van der Waals surface area (Å²) in [7, 11) is 1.51. The Morgan fingerprint density at radius 2 is 1.65 bits per heavy atom. The van der Waals surface area contributed by atoms with Crippen LogP contribution in [-0.4, -0.2) is 28.5 Å². The van der Waals surface area contributed by atoms with E-state index in [0.29, 0.717) is 16.3 Å². The molecule has 7 nitrogen and oxygen atoms in total. The molecular formula is C25H24ClN3O4S. The lowest BCUT2D eigenvalue weighted by Crippen LogP contribution is -2.30. The number of hydrogen-bond acceptors (Lipinski definition) is 6. The summed E-state index contributed by atoms with van der Waals surface area (Å²) in [6.45, 7) is 8.01. The molecule has 1 aliphatic heterocycles. The third-order valence-electron chi connectivity index (χ3n) is 5.60. The van der Waals surface area contributed by atoms with Crippen LogP contribution >= 0.6 is 11.6 Å². The minimum atomic E-state index is -1.67. The highest BCUT2D eigenvalue weighted by atomic mass is 35.5. The van der Waals surface area contributed by atoms with Gasteiger partial charge in [-0.15, -0.1) is 0 Å². The highest BCUT2D eigenvalue weighted by Gasteiger charge is 2.42. The molecule has 2 aromatic carbocycles. The third-order valence-corrected chi connectivity index (χ3v) is 7.02. The topological polar surface area (TPSA) is 94.6 Å². The summed E-state index contributed by atoms with van der Waals surface area (Å²) >= 11 is 4.64. The molecule has 1 unspecified atom stereocenters. The van der Waals surface area contributed by atoms with Crippen molar-refractivity contribution in [1.82, 2.24) is 4.98 Å². The van der Waals surface area contributed by atoms with E-state index in [9.17, 15) is 14.1 Å². The average Bonchev–Trinajstić information content (AvgIpc) is 3.06.